The van der Waals surface area contributed by atoms with Crippen LogP contribution in [0, 0.1) is 5.41 Å². The third kappa shape index (κ3) is 5.75. The molecule has 1 N–H and O–H groups in total. The molecule has 2 aromatic rings. The van der Waals surface area contributed by atoms with Gasteiger partial charge in [-0.25, -0.2) is 14.5 Å². The minimum absolute atomic E-state index is 0.0138. The van der Waals surface area contributed by atoms with Crippen molar-refractivity contribution in [1.29, 1.82) is 0 Å². The van der Waals surface area contributed by atoms with E-state index in [9.17, 15) is 23.1 Å². The summed E-state index contributed by atoms with van der Waals surface area (Å²) in [6.07, 6.45) is -3.77. The lowest BCUT2D eigenvalue weighted by atomic mass is 9.74. The molecule has 3 rings (SSSR count). The standard InChI is InChI=1S/C20H22BClF3N3O4/c1-17(2,3)32-16(29)12-4-5-13(26-15(12)22)28-9-6-14(27-28)31-11-19(21,30)10-18(7-8-18)20(23,24)25/h4-6,9,30H,7-8,10-11H2,1-3H3. The summed E-state index contributed by atoms with van der Waals surface area (Å²) in [6, 6.07) is 4.34. The number of aromatic nitrogens is 3. The summed E-state index contributed by atoms with van der Waals surface area (Å²) >= 11 is 6.11. The topological polar surface area (TPSA) is 86.5 Å². The van der Waals surface area contributed by atoms with Gasteiger partial charge in [-0.15, -0.1) is 5.10 Å². The van der Waals surface area contributed by atoms with E-state index in [2.05, 4.69) is 10.1 Å². The first kappa shape index (κ1) is 24.4. The third-order valence-corrected chi connectivity index (χ3v) is 5.11. The number of halogens is 4. The Kier molecular flexibility index (Phi) is 6.29. The van der Waals surface area contributed by atoms with E-state index in [1.54, 1.807) is 20.8 Å². The average Bonchev–Trinajstić information content (AvgIpc) is 3.25. The minimum atomic E-state index is -4.43. The molecule has 7 nitrogen and oxygen atoms in total. The Morgan fingerprint density at radius 3 is 2.47 bits per heavy atom. The van der Waals surface area contributed by atoms with Crippen LogP contribution >= 0.6 is 11.6 Å². The van der Waals surface area contributed by atoms with Crippen molar-refractivity contribution < 1.29 is 32.5 Å². The van der Waals surface area contributed by atoms with Gasteiger partial charge in [0.1, 0.15) is 25.2 Å². The highest BCUT2D eigenvalue weighted by atomic mass is 35.5. The van der Waals surface area contributed by atoms with Crippen LogP contribution in [0.3, 0.4) is 0 Å². The maximum atomic E-state index is 13.1. The van der Waals surface area contributed by atoms with Gasteiger partial charge in [0, 0.05) is 12.3 Å². The second kappa shape index (κ2) is 8.26. The molecule has 1 aliphatic rings. The zero-order valence-corrected chi connectivity index (χ0v) is 18.5. The molecule has 172 valence electrons. The van der Waals surface area contributed by atoms with Gasteiger partial charge in [0.25, 0.3) is 0 Å². The first-order valence-corrected chi connectivity index (χ1v) is 10.2. The van der Waals surface area contributed by atoms with E-state index in [0.29, 0.717) is 0 Å². The quantitative estimate of drug-likeness (QED) is 0.375. The molecule has 1 atom stereocenters. The Balaban J connectivity index is 1.64. The number of rotatable bonds is 7. The number of esters is 1. The molecule has 2 radical (unpaired) electrons. The van der Waals surface area contributed by atoms with Crippen molar-refractivity contribution in [2.45, 2.75) is 57.3 Å². The number of hydrogen-bond acceptors (Lipinski definition) is 6. The number of pyridine rings is 1. The number of ether oxygens (including phenoxy) is 2. The Bertz CT molecular complexity index is 1000. The second-order valence-corrected chi connectivity index (χ2v) is 9.31. The van der Waals surface area contributed by atoms with Gasteiger partial charge in [-0.05, 0) is 52.2 Å². The average molecular weight is 472 g/mol. The van der Waals surface area contributed by atoms with Gasteiger partial charge in [-0.3, -0.25) is 0 Å². The van der Waals surface area contributed by atoms with Gasteiger partial charge < -0.3 is 14.6 Å². The first-order chi connectivity index (χ1) is 14.6. The summed E-state index contributed by atoms with van der Waals surface area (Å²) in [4.78, 5) is 16.3. The van der Waals surface area contributed by atoms with Crippen LogP contribution in [-0.4, -0.2) is 57.6 Å². The molecule has 0 bridgehead atoms. The van der Waals surface area contributed by atoms with Gasteiger partial charge in [0.05, 0.1) is 16.5 Å². The number of nitrogens with zero attached hydrogens (tertiary/aromatic N) is 3. The SMILES string of the molecule is [B]C(O)(COc1ccn(-c2ccc(C(=O)OC(C)(C)C)c(Cl)n2)n1)CC1(C(F)(F)F)CC1. The Labute approximate surface area is 189 Å². The fourth-order valence-corrected chi connectivity index (χ4v) is 3.32. The number of alkyl halides is 3. The summed E-state index contributed by atoms with van der Waals surface area (Å²) in [5.41, 5.74) is -4.75. The zero-order chi connectivity index (χ0) is 23.9. The molecule has 0 saturated heterocycles. The number of aliphatic hydroxyl groups is 1. The lowest BCUT2D eigenvalue weighted by molar-refractivity contribution is -0.198. The van der Waals surface area contributed by atoms with Gasteiger partial charge in [-0.2, -0.15) is 13.2 Å². The maximum Gasteiger partial charge on any atom is 0.394 e. The number of carbonyl (C=O) groups excluding carboxylic acids is 1. The summed E-state index contributed by atoms with van der Waals surface area (Å²) in [7, 11) is 5.64. The molecule has 0 amide bonds. The second-order valence-electron chi connectivity index (χ2n) is 8.96. The van der Waals surface area contributed by atoms with Crippen molar-refractivity contribution in [1.82, 2.24) is 14.8 Å². The molecule has 2 aromatic heterocycles. The van der Waals surface area contributed by atoms with E-state index in [-0.39, 0.29) is 35.3 Å². The Hall–Kier alpha value is -2.27. The van der Waals surface area contributed by atoms with Crippen molar-refractivity contribution in [3.05, 3.63) is 35.1 Å². The molecule has 1 fully saturated rings. The van der Waals surface area contributed by atoms with Crippen LogP contribution in [0.15, 0.2) is 24.4 Å². The van der Waals surface area contributed by atoms with Crippen LogP contribution in [0.25, 0.3) is 5.82 Å². The van der Waals surface area contributed by atoms with E-state index >= 15 is 0 Å². The molecule has 0 aromatic carbocycles. The van der Waals surface area contributed by atoms with Crippen molar-refractivity contribution in [3.63, 3.8) is 0 Å². The highest BCUT2D eigenvalue weighted by molar-refractivity contribution is 6.32. The van der Waals surface area contributed by atoms with Crippen LogP contribution < -0.4 is 4.74 Å². The fourth-order valence-electron chi connectivity index (χ4n) is 3.10. The molecule has 32 heavy (non-hydrogen) atoms. The number of carbonyl (C=O) groups is 1. The van der Waals surface area contributed by atoms with E-state index in [1.165, 1.54) is 29.1 Å². The van der Waals surface area contributed by atoms with Gasteiger partial charge >= 0.3 is 12.1 Å². The van der Waals surface area contributed by atoms with Crippen molar-refractivity contribution >= 4 is 25.4 Å². The lowest BCUT2D eigenvalue weighted by Crippen LogP contribution is -2.42. The van der Waals surface area contributed by atoms with Crippen LogP contribution in [0.2, 0.25) is 5.15 Å². The molecule has 1 unspecified atom stereocenters. The normalized spacial score (nSPS) is 17.5. The lowest BCUT2D eigenvalue weighted by Gasteiger charge is -2.30. The van der Waals surface area contributed by atoms with Crippen LogP contribution in [-0.2, 0) is 4.74 Å². The molecule has 1 saturated carbocycles. The molecule has 12 heteroatoms. The predicted molar refractivity (Wildman–Crippen MR) is 110 cm³/mol. The Morgan fingerprint density at radius 1 is 1.28 bits per heavy atom. The minimum Gasteiger partial charge on any atom is -0.474 e. The summed E-state index contributed by atoms with van der Waals surface area (Å²) in [5.74, 6) is -0.352. The van der Waals surface area contributed by atoms with Gasteiger partial charge in [0.15, 0.2) is 5.82 Å². The van der Waals surface area contributed by atoms with Crippen molar-refractivity contribution in [2.75, 3.05) is 6.61 Å². The molecular formula is C20H22BClF3N3O4. The molecule has 1 aliphatic carbocycles. The summed E-state index contributed by atoms with van der Waals surface area (Å²) in [5, 5.41) is 14.2. The molecule has 0 spiro atoms. The zero-order valence-electron chi connectivity index (χ0n) is 17.7. The molecule has 0 aliphatic heterocycles. The van der Waals surface area contributed by atoms with E-state index in [0.717, 1.165) is 0 Å². The highest BCUT2D eigenvalue weighted by Crippen LogP contribution is 2.61. The predicted octanol–water partition coefficient (Wildman–Crippen LogP) is 3.84. The fraction of sp³-hybridized carbons (Fsp3) is 0.550. The van der Waals surface area contributed by atoms with Crippen LogP contribution in [0.4, 0.5) is 13.2 Å². The van der Waals surface area contributed by atoms with Crippen molar-refractivity contribution in [3.8, 4) is 11.7 Å². The monoisotopic (exact) mass is 471 g/mol. The molecular weight excluding hydrogens is 449 g/mol. The molecule has 2 heterocycles. The van der Waals surface area contributed by atoms with Crippen LogP contribution in [0.1, 0.15) is 50.4 Å². The van der Waals surface area contributed by atoms with E-state index < -0.39 is 41.7 Å². The van der Waals surface area contributed by atoms with E-state index in [4.69, 9.17) is 28.9 Å². The Morgan fingerprint density at radius 2 is 1.94 bits per heavy atom. The number of hydrogen-bond donors (Lipinski definition) is 1. The van der Waals surface area contributed by atoms with Crippen molar-refractivity contribution in [2.24, 2.45) is 5.41 Å². The van der Waals surface area contributed by atoms with Gasteiger partial charge in [-0.1, -0.05) is 11.6 Å². The van der Waals surface area contributed by atoms with E-state index in [1.807, 2.05) is 0 Å². The third-order valence-electron chi connectivity index (χ3n) is 4.82. The maximum absolute atomic E-state index is 13.1. The summed E-state index contributed by atoms with van der Waals surface area (Å²) in [6.45, 7) is 4.60. The highest BCUT2D eigenvalue weighted by Gasteiger charge is 2.64. The largest absolute Gasteiger partial charge is 0.474 e. The smallest absolute Gasteiger partial charge is 0.394 e. The van der Waals surface area contributed by atoms with Gasteiger partial charge in [0.2, 0.25) is 5.88 Å². The summed E-state index contributed by atoms with van der Waals surface area (Å²) < 4.78 is 51.2. The first-order valence-electron chi connectivity index (χ1n) is 9.78. The van der Waals surface area contributed by atoms with Crippen LogP contribution in [0.5, 0.6) is 5.88 Å².